The predicted octanol–water partition coefficient (Wildman–Crippen LogP) is -4.05. The maximum absolute atomic E-state index is 14.8. The fourth-order valence-electron chi connectivity index (χ4n) is 9.01. The molecule has 0 spiro atoms. The quantitative estimate of drug-likeness (QED) is 0.00902. The van der Waals surface area contributed by atoms with E-state index in [-0.39, 0.29) is 43.9 Å². The molecule has 0 radical (unpaired) electrons. The van der Waals surface area contributed by atoms with Crippen LogP contribution in [0.1, 0.15) is 71.4 Å². The molecule has 488 valence electrons. The predicted molar refractivity (Wildman–Crippen MR) is 331 cm³/mol. The molecule has 90 heavy (non-hydrogen) atoms. The molecule has 0 bridgehead atoms. The maximum Gasteiger partial charge on any atom is 0.326 e. The smallest absolute Gasteiger partial charge is 0.326 e. The van der Waals surface area contributed by atoms with Crippen LogP contribution >= 0.6 is 12.6 Å². The lowest BCUT2D eigenvalue weighted by Gasteiger charge is -2.28. The average Bonchev–Trinajstić information content (AvgIpc) is 2.12. The Labute approximate surface area is 522 Å². The highest BCUT2D eigenvalue weighted by molar-refractivity contribution is 7.80. The number of guanidine groups is 1. The number of fused-ring (bicyclic) bond motifs is 2. The number of carbonyl (C=O) groups is 13. The number of rotatable bonds is 35. The summed E-state index contributed by atoms with van der Waals surface area (Å²) in [6, 6.07) is 9.58. The zero-order chi connectivity index (χ0) is 66.8. The number of aromatic nitrogens is 1. The van der Waals surface area contributed by atoms with Gasteiger partial charge in [0.2, 0.25) is 70.9 Å². The SMILES string of the molecule is CC(=O)N[C@@H](CS)C(=O)NCC(=O)N[C@@H](CCCNC(=N)N)C(=O)NCC(=O)N[C@H](Cc1ccc2ccccc2c1)C(=O)N[C@@H](Cc1c[nH]c2ccccc12)C(=O)N[C@@H](CCC(N)=O)C(=O)NCC(=O)N[C@H](C(=O)NCC(=O)NC(C(=O)O)C(C)(C)C)[C@@H](C)O. The first kappa shape index (κ1) is 72.6. The number of aliphatic carboxylic acids is 1. The van der Waals surface area contributed by atoms with Crippen LogP contribution in [0.25, 0.3) is 21.7 Å². The third kappa shape index (κ3) is 24.4. The number of carbonyl (C=O) groups excluding carboxylic acids is 12. The second kappa shape index (κ2) is 35.2. The molecule has 31 nitrogen and oxygen atoms in total. The van der Waals surface area contributed by atoms with Gasteiger partial charge in [-0.3, -0.25) is 62.9 Å². The van der Waals surface area contributed by atoms with E-state index in [0.29, 0.717) is 22.0 Å². The molecule has 0 saturated heterocycles. The van der Waals surface area contributed by atoms with Crippen LogP contribution < -0.4 is 75.3 Å². The molecule has 0 aliphatic rings. The van der Waals surface area contributed by atoms with Crippen molar-refractivity contribution in [3.63, 3.8) is 0 Å². The maximum atomic E-state index is 14.8. The van der Waals surface area contributed by atoms with Crippen molar-refractivity contribution >= 4 is 117 Å². The van der Waals surface area contributed by atoms with Crippen molar-refractivity contribution in [2.24, 2.45) is 16.9 Å². The van der Waals surface area contributed by atoms with E-state index in [9.17, 15) is 72.5 Å². The first-order valence-electron chi connectivity index (χ1n) is 28.5. The second-order valence-electron chi connectivity index (χ2n) is 22.1. The molecule has 4 rings (SSSR count). The Morgan fingerprint density at radius 2 is 1.10 bits per heavy atom. The zero-order valence-electron chi connectivity index (χ0n) is 50.3. The number of nitrogens with one attached hydrogen (secondary N) is 14. The number of benzene rings is 3. The summed E-state index contributed by atoms with van der Waals surface area (Å²) in [4.78, 5) is 174. The number of carboxylic acids is 1. The van der Waals surface area contributed by atoms with E-state index >= 15 is 0 Å². The summed E-state index contributed by atoms with van der Waals surface area (Å²) in [7, 11) is 0. The van der Waals surface area contributed by atoms with Crippen molar-refractivity contribution in [3.8, 4) is 0 Å². The zero-order valence-corrected chi connectivity index (χ0v) is 51.2. The molecular weight excluding hydrogens is 1190 g/mol. The van der Waals surface area contributed by atoms with Crippen molar-refractivity contribution in [2.75, 3.05) is 38.5 Å². The van der Waals surface area contributed by atoms with E-state index in [1.807, 2.05) is 18.2 Å². The molecule has 32 heteroatoms. The van der Waals surface area contributed by atoms with Crippen LogP contribution in [0.3, 0.4) is 0 Å². The number of H-pyrrole nitrogens is 1. The molecule has 8 atom stereocenters. The summed E-state index contributed by atoms with van der Waals surface area (Å²) in [5.41, 5.74) is 11.7. The summed E-state index contributed by atoms with van der Waals surface area (Å²) < 4.78 is 0. The molecule has 1 heterocycles. The van der Waals surface area contributed by atoms with Gasteiger partial charge in [-0.25, -0.2) is 4.79 Å². The Hall–Kier alpha value is -9.85. The number of para-hydroxylation sites is 1. The largest absolute Gasteiger partial charge is 0.480 e. The van der Waals surface area contributed by atoms with Gasteiger partial charge < -0.3 is 90.5 Å². The minimum atomic E-state index is -1.69. The lowest BCUT2D eigenvalue weighted by atomic mass is 9.87. The van der Waals surface area contributed by atoms with Gasteiger partial charge in [0.15, 0.2) is 5.96 Å². The Kier molecular flexibility index (Phi) is 28.4. The number of aliphatic hydroxyl groups is 1. The monoisotopic (exact) mass is 1270 g/mol. The Morgan fingerprint density at radius 3 is 1.66 bits per heavy atom. The normalized spacial score (nSPS) is 13.8. The summed E-state index contributed by atoms with van der Waals surface area (Å²) >= 11 is 4.06. The van der Waals surface area contributed by atoms with Crippen LogP contribution in [-0.4, -0.2) is 185 Å². The Bertz CT molecular complexity index is 3280. The van der Waals surface area contributed by atoms with Gasteiger partial charge in [0, 0.05) is 55.6 Å². The first-order valence-corrected chi connectivity index (χ1v) is 29.2. The van der Waals surface area contributed by atoms with Gasteiger partial charge in [-0.2, -0.15) is 12.6 Å². The summed E-state index contributed by atoms with van der Waals surface area (Å²) in [6.45, 7) is 4.19. The van der Waals surface area contributed by atoms with E-state index in [2.05, 4.69) is 81.4 Å². The van der Waals surface area contributed by atoms with Crippen molar-refractivity contribution in [2.45, 2.75) is 122 Å². The first-order chi connectivity index (χ1) is 42.4. The van der Waals surface area contributed by atoms with Gasteiger partial charge in [-0.05, 0) is 59.6 Å². The van der Waals surface area contributed by atoms with Gasteiger partial charge >= 0.3 is 5.97 Å². The molecular formula is C58H80N16O15S. The number of hydrogen-bond acceptors (Lipinski definition) is 16. The molecule has 1 unspecified atom stereocenters. The highest BCUT2D eigenvalue weighted by atomic mass is 32.1. The van der Waals surface area contributed by atoms with Crippen molar-refractivity contribution in [1.82, 2.24) is 68.8 Å². The van der Waals surface area contributed by atoms with Gasteiger partial charge in [-0.15, -0.1) is 0 Å². The number of thiol groups is 1. The average molecular weight is 1270 g/mol. The number of aliphatic hydroxyl groups excluding tert-OH is 1. The van der Waals surface area contributed by atoms with Crippen LogP contribution in [0.5, 0.6) is 0 Å². The van der Waals surface area contributed by atoms with Crippen molar-refractivity contribution in [3.05, 3.63) is 84.1 Å². The Morgan fingerprint density at radius 1 is 0.589 bits per heavy atom. The number of hydrogen-bond donors (Lipinski definition) is 19. The molecule has 3 aromatic carbocycles. The van der Waals surface area contributed by atoms with Crippen LogP contribution in [0.15, 0.2) is 72.9 Å². The number of carboxylic acid groups (broad SMARTS) is 1. The fraction of sp³-hybridized carbons (Fsp3) is 0.448. The van der Waals surface area contributed by atoms with Gasteiger partial charge in [0.05, 0.1) is 32.3 Å². The third-order valence-corrected chi connectivity index (χ3v) is 14.0. The lowest BCUT2D eigenvalue weighted by molar-refractivity contribution is -0.145. The van der Waals surface area contributed by atoms with Gasteiger partial charge in [0.25, 0.3) is 0 Å². The van der Waals surface area contributed by atoms with E-state index in [1.54, 1.807) is 75.5 Å². The van der Waals surface area contributed by atoms with E-state index in [1.165, 1.54) is 6.92 Å². The van der Waals surface area contributed by atoms with Crippen LogP contribution in [-0.2, 0) is 75.2 Å². The second-order valence-corrected chi connectivity index (χ2v) is 22.5. The van der Waals surface area contributed by atoms with E-state index < -0.39 is 170 Å². The molecule has 20 N–H and O–H groups in total. The molecule has 0 saturated carbocycles. The highest BCUT2D eigenvalue weighted by Gasteiger charge is 2.35. The van der Waals surface area contributed by atoms with Crippen LogP contribution in [0.2, 0.25) is 0 Å². The van der Waals surface area contributed by atoms with E-state index in [4.69, 9.17) is 16.9 Å². The molecule has 1 aromatic heterocycles. The topological polar surface area (TPSA) is 498 Å². The Balaban J connectivity index is 1.58. The molecule has 0 aliphatic heterocycles. The number of primary amides is 1. The fourth-order valence-corrected chi connectivity index (χ4v) is 9.27. The summed E-state index contributed by atoms with van der Waals surface area (Å²) in [5, 5.41) is 58.9. The number of amides is 12. The molecule has 0 aliphatic carbocycles. The number of aromatic amines is 1. The molecule has 0 fully saturated rings. The summed E-state index contributed by atoms with van der Waals surface area (Å²) in [5.74, 6) is -12.4. The van der Waals surface area contributed by atoms with Crippen molar-refractivity contribution in [1.29, 1.82) is 5.41 Å². The highest BCUT2D eigenvalue weighted by Crippen LogP contribution is 2.22. The van der Waals surface area contributed by atoms with Crippen LogP contribution in [0.4, 0.5) is 0 Å². The van der Waals surface area contributed by atoms with Crippen LogP contribution in [0, 0.1) is 10.8 Å². The minimum absolute atomic E-state index is 0.0564. The van der Waals surface area contributed by atoms with Gasteiger partial charge in [-0.1, -0.05) is 81.4 Å². The lowest BCUT2D eigenvalue weighted by Crippen LogP contribution is -2.59. The summed E-state index contributed by atoms with van der Waals surface area (Å²) in [6.07, 6.45) is -1.18. The van der Waals surface area contributed by atoms with E-state index in [0.717, 1.165) is 17.7 Å². The number of nitrogens with two attached hydrogens (primary N) is 2. The van der Waals surface area contributed by atoms with Gasteiger partial charge in [0.1, 0.15) is 42.3 Å². The standard InChI is InChI=1S/C58H80N16O15S/c1-30(75)48(55(87)67-28-47(81)74-49(56(88)89)58(3,4)5)73-46(80)27-65-51(83)39(18-19-43(59)77)71-54(86)41(23-35-24-63-37-14-9-8-13-36(35)37)72-53(85)40(22-32-16-17-33-11-6-7-12-34(33)21-32)70-45(79)26-64-50(82)38(15-10-20-62-57(60)61)69-44(78)25-66-52(84)42(29-90)68-31(2)76/h6-9,11-14,16-17,21,24,30,38-42,48-49,63,75,90H,10,15,18-20,22-23,25-29H2,1-5H3,(H2,59,77)(H,64,82)(H,65,83)(H,66,84)(H,67,87)(H,68,76)(H,69,78)(H,70,79)(H,71,86)(H,72,85)(H,73,80)(H,74,81)(H,88,89)(H4,60,61,62)/t30-,38+,39+,40-,41+,42+,48+,49?/m1/s1. The molecule has 12 amide bonds. The molecule has 4 aromatic rings. The minimum Gasteiger partial charge on any atom is -0.480 e. The third-order valence-electron chi connectivity index (χ3n) is 13.7. The van der Waals surface area contributed by atoms with Crippen molar-refractivity contribution < 1.29 is 72.5 Å².